The van der Waals surface area contributed by atoms with Crippen molar-refractivity contribution in [2.75, 3.05) is 32.2 Å². The van der Waals surface area contributed by atoms with Crippen molar-refractivity contribution in [3.63, 3.8) is 0 Å². The second-order valence-corrected chi connectivity index (χ2v) is 5.72. The summed E-state index contributed by atoms with van der Waals surface area (Å²) in [5.41, 5.74) is 0.552. The number of halogens is 1. The number of methoxy groups -OCH3 is 1. The molecule has 2 aromatic rings. The number of ether oxygens (including phenoxy) is 1. The molecule has 0 saturated heterocycles. The Bertz CT molecular complexity index is 629. The summed E-state index contributed by atoms with van der Waals surface area (Å²) in [7, 11) is 3.52. The molecule has 0 spiro atoms. The number of likely N-dealkylation sites (N-methyl/N-ethyl adjacent to an activating group) is 1. The summed E-state index contributed by atoms with van der Waals surface area (Å²) in [6, 6.07) is 1.53. The summed E-state index contributed by atoms with van der Waals surface area (Å²) in [6.07, 6.45) is 1.64. The van der Waals surface area contributed by atoms with Crippen LogP contribution in [0.3, 0.4) is 0 Å². The highest BCUT2D eigenvalue weighted by molar-refractivity contribution is 7.15. The van der Waals surface area contributed by atoms with Gasteiger partial charge in [-0.05, 0) is 11.6 Å². The standard InChI is InChI=1S/C11H14ClN5O2S/c1-16(3-4-19-2)8-5-10(18)17(13-6-8)7-9-14-15-11(12)20-9/h5-6H,3-4,7H2,1-2H3. The van der Waals surface area contributed by atoms with E-state index in [1.807, 2.05) is 11.9 Å². The van der Waals surface area contributed by atoms with Crippen LogP contribution in [0.25, 0.3) is 0 Å². The summed E-state index contributed by atoms with van der Waals surface area (Å²) in [5.74, 6) is 0. The Kier molecular flexibility index (Phi) is 5.05. The summed E-state index contributed by atoms with van der Waals surface area (Å²) in [4.78, 5) is 13.9. The van der Waals surface area contributed by atoms with E-state index in [9.17, 15) is 4.79 Å². The molecule has 2 rings (SSSR count). The topological polar surface area (TPSA) is 73.1 Å². The zero-order valence-electron chi connectivity index (χ0n) is 11.1. The SMILES string of the molecule is COCCN(C)c1cnn(Cc2nnc(Cl)s2)c(=O)c1. The molecule has 0 fully saturated rings. The van der Waals surface area contributed by atoms with Crippen molar-refractivity contribution >= 4 is 28.6 Å². The molecule has 7 nitrogen and oxygen atoms in total. The maximum atomic E-state index is 12.0. The zero-order chi connectivity index (χ0) is 14.5. The van der Waals surface area contributed by atoms with Crippen LogP contribution in [0.4, 0.5) is 5.69 Å². The summed E-state index contributed by atoms with van der Waals surface area (Å²) < 4.78 is 6.67. The highest BCUT2D eigenvalue weighted by atomic mass is 35.5. The van der Waals surface area contributed by atoms with Crippen molar-refractivity contribution in [1.29, 1.82) is 0 Å². The van der Waals surface area contributed by atoms with E-state index in [-0.39, 0.29) is 12.1 Å². The molecule has 0 aliphatic heterocycles. The van der Waals surface area contributed by atoms with Crippen LogP contribution >= 0.6 is 22.9 Å². The highest BCUT2D eigenvalue weighted by Crippen LogP contribution is 2.15. The molecule has 108 valence electrons. The molecule has 0 N–H and O–H groups in total. The predicted molar refractivity (Wildman–Crippen MR) is 77.7 cm³/mol. The fourth-order valence-corrected chi connectivity index (χ4v) is 2.38. The van der Waals surface area contributed by atoms with E-state index in [4.69, 9.17) is 16.3 Å². The first-order valence-corrected chi connectivity index (χ1v) is 7.04. The smallest absolute Gasteiger partial charge is 0.269 e. The Morgan fingerprint density at radius 3 is 2.90 bits per heavy atom. The lowest BCUT2D eigenvalue weighted by Gasteiger charge is -2.18. The molecule has 0 aliphatic carbocycles. The van der Waals surface area contributed by atoms with Crippen LogP contribution in [-0.2, 0) is 11.3 Å². The first-order chi connectivity index (χ1) is 9.60. The molecule has 0 atom stereocenters. The largest absolute Gasteiger partial charge is 0.383 e. The van der Waals surface area contributed by atoms with E-state index >= 15 is 0 Å². The Morgan fingerprint density at radius 1 is 1.50 bits per heavy atom. The van der Waals surface area contributed by atoms with E-state index in [0.717, 1.165) is 5.69 Å². The lowest BCUT2D eigenvalue weighted by molar-refractivity contribution is 0.206. The predicted octanol–water partition coefficient (Wildman–Crippen LogP) is 0.879. The lowest BCUT2D eigenvalue weighted by atomic mass is 10.4. The Morgan fingerprint density at radius 2 is 2.30 bits per heavy atom. The van der Waals surface area contributed by atoms with E-state index in [2.05, 4.69) is 15.3 Å². The van der Waals surface area contributed by atoms with Gasteiger partial charge in [0, 0.05) is 26.8 Å². The average Bonchev–Trinajstić information content (AvgIpc) is 2.83. The van der Waals surface area contributed by atoms with E-state index < -0.39 is 0 Å². The Balaban J connectivity index is 2.11. The van der Waals surface area contributed by atoms with Crippen LogP contribution in [0.1, 0.15) is 5.01 Å². The molecule has 0 bridgehead atoms. The lowest BCUT2D eigenvalue weighted by Crippen LogP contribution is -2.27. The van der Waals surface area contributed by atoms with E-state index in [0.29, 0.717) is 22.6 Å². The molecular formula is C11H14ClN5O2S. The third-order valence-corrected chi connectivity index (χ3v) is 3.66. The van der Waals surface area contributed by atoms with Crippen molar-refractivity contribution in [2.45, 2.75) is 6.54 Å². The van der Waals surface area contributed by atoms with Gasteiger partial charge < -0.3 is 9.64 Å². The van der Waals surface area contributed by atoms with Gasteiger partial charge in [0.2, 0.25) is 4.47 Å². The highest BCUT2D eigenvalue weighted by Gasteiger charge is 2.08. The van der Waals surface area contributed by atoms with Crippen molar-refractivity contribution < 1.29 is 4.74 Å². The van der Waals surface area contributed by atoms with Crippen molar-refractivity contribution in [3.8, 4) is 0 Å². The van der Waals surface area contributed by atoms with Crippen LogP contribution < -0.4 is 10.5 Å². The molecular weight excluding hydrogens is 302 g/mol. The molecule has 0 unspecified atom stereocenters. The van der Waals surface area contributed by atoms with Crippen LogP contribution in [0.2, 0.25) is 4.47 Å². The van der Waals surface area contributed by atoms with E-state index in [1.165, 1.54) is 22.1 Å². The summed E-state index contributed by atoms with van der Waals surface area (Å²) in [5, 5.41) is 12.3. The third kappa shape index (κ3) is 3.75. The number of rotatable bonds is 6. The zero-order valence-corrected chi connectivity index (χ0v) is 12.7. The van der Waals surface area contributed by atoms with Gasteiger partial charge in [-0.1, -0.05) is 11.3 Å². The summed E-state index contributed by atoms with van der Waals surface area (Å²) >= 11 is 6.93. The van der Waals surface area contributed by atoms with Crippen LogP contribution in [0.5, 0.6) is 0 Å². The van der Waals surface area contributed by atoms with Gasteiger partial charge >= 0.3 is 0 Å². The number of aromatic nitrogens is 4. The number of hydrogen-bond donors (Lipinski definition) is 0. The van der Waals surface area contributed by atoms with E-state index in [1.54, 1.807) is 13.3 Å². The minimum Gasteiger partial charge on any atom is -0.383 e. The van der Waals surface area contributed by atoms with Crippen LogP contribution in [-0.4, -0.2) is 47.3 Å². The number of anilines is 1. The molecule has 0 amide bonds. The number of hydrogen-bond acceptors (Lipinski definition) is 7. The number of nitrogens with zero attached hydrogens (tertiary/aromatic N) is 5. The Labute approximate surface area is 124 Å². The monoisotopic (exact) mass is 315 g/mol. The average molecular weight is 316 g/mol. The van der Waals surface area contributed by atoms with Gasteiger partial charge in [0.1, 0.15) is 5.01 Å². The maximum Gasteiger partial charge on any atom is 0.269 e. The molecule has 0 saturated carbocycles. The molecule has 2 heterocycles. The summed E-state index contributed by atoms with van der Waals surface area (Å²) in [6.45, 7) is 1.54. The fourth-order valence-electron chi connectivity index (χ4n) is 1.53. The van der Waals surface area contributed by atoms with Crippen LogP contribution in [0.15, 0.2) is 17.1 Å². The first-order valence-electron chi connectivity index (χ1n) is 5.85. The van der Waals surface area contributed by atoms with Gasteiger partial charge in [-0.15, -0.1) is 10.2 Å². The van der Waals surface area contributed by atoms with Crippen molar-refractivity contribution in [1.82, 2.24) is 20.0 Å². The molecule has 0 aliphatic rings. The van der Waals surface area contributed by atoms with Gasteiger partial charge in [-0.2, -0.15) is 5.10 Å². The molecule has 0 aromatic carbocycles. The first kappa shape index (κ1) is 14.9. The minimum atomic E-state index is -0.196. The van der Waals surface area contributed by atoms with Gasteiger partial charge in [0.05, 0.1) is 25.0 Å². The van der Waals surface area contributed by atoms with Crippen molar-refractivity contribution in [2.24, 2.45) is 0 Å². The second kappa shape index (κ2) is 6.78. The van der Waals surface area contributed by atoms with Gasteiger partial charge in [-0.3, -0.25) is 4.79 Å². The normalized spacial score (nSPS) is 10.8. The molecule has 20 heavy (non-hydrogen) atoms. The van der Waals surface area contributed by atoms with Gasteiger partial charge in [-0.25, -0.2) is 4.68 Å². The van der Waals surface area contributed by atoms with Gasteiger partial charge in [0.25, 0.3) is 5.56 Å². The third-order valence-electron chi connectivity index (χ3n) is 2.65. The fraction of sp³-hybridized carbons (Fsp3) is 0.455. The second-order valence-electron chi connectivity index (χ2n) is 4.07. The Hall–Kier alpha value is -1.51. The minimum absolute atomic E-state index is 0.196. The maximum absolute atomic E-state index is 12.0. The molecule has 2 aromatic heterocycles. The van der Waals surface area contributed by atoms with Crippen molar-refractivity contribution in [3.05, 3.63) is 32.1 Å². The van der Waals surface area contributed by atoms with Crippen LogP contribution in [0, 0.1) is 0 Å². The quantitative estimate of drug-likeness (QED) is 0.788. The molecule has 0 radical (unpaired) electrons. The van der Waals surface area contributed by atoms with Gasteiger partial charge in [0.15, 0.2) is 0 Å². The molecule has 9 heteroatoms.